The summed E-state index contributed by atoms with van der Waals surface area (Å²) in [7, 11) is 0. The lowest BCUT2D eigenvalue weighted by molar-refractivity contribution is 0.0883. The summed E-state index contributed by atoms with van der Waals surface area (Å²) in [4.78, 5) is 0. The highest BCUT2D eigenvalue weighted by atomic mass is 16.5. The van der Waals surface area contributed by atoms with Crippen LogP contribution < -0.4 is 10.1 Å². The maximum absolute atomic E-state index is 6.33. The number of rotatable bonds is 6. The van der Waals surface area contributed by atoms with E-state index in [4.69, 9.17) is 4.74 Å². The molecule has 1 saturated carbocycles. The summed E-state index contributed by atoms with van der Waals surface area (Å²) in [5.41, 5.74) is 1.64. The van der Waals surface area contributed by atoms with Crippen LogP contribution in [-0.2, 0) is 13.1 Å². The lowest BCUT2D eigenvalue weighted by Gasteiger charge is -2.37. The molecule has 1 aromatic heterocycles. The average molecular weight is 394 g/mol. The fourth-order valence-corrected chi connectivity index (χ4v) is 4.27. The summed E-state index contributed by atoms with van der Waals surface area (Å²) in [6, 6.07) is 13.0. The van der Waals surface area contributed by atoms with Crippen molar-refractivity contribution in [1.82, 2.24) is 25.9 Å². The second-order valence-electron chi connectivity index (χ2n) is 9.25. The highest BCUT2D eigenvalue weighted by Gasteiger charge is 2.30. The van der Waals surface area contributed by atoms with Gasteiger partial charge in [-0.2, -0.15) is 0 Å². The third kappa shape index (κ3) is 5.12. The summed E-state index contributed by atoms with van der Waals surface area (Å²) >= 11 is 0. The Hall–Kier alpha value is -2.47. The van der Waals surface area contributed by atoms with Crippen LogP contribution in [0.1, 0.15) is 57.8 Å². The molecule has 154 valence electrons. The van der Waals surface area contributed by atoms with Crippen LogP contribution in [0.5, 0.6) is 5.75 Å². The first-order valence-corrected chi connectivity index (χ1v) is 10.6. The minimum Gasteiger partial charge on any atom is -0.490 e. The van der Waals surface area contributed by atoms with Gasteiger partial charge in [0.1, 0.15) is 5.75 Å². The molecule has 3 aromatic rings. The highest BCUT2D eigenvalue weighted by molar-refractivity contribution is 5.84. The zero-order valence-electron chi connectivity index (χ0n) is 17.6. The molecule has 1 aliphatic rings. The predicted octanol–water partition coefficient (Wildman–Crippen LogP) is 4.63. The molecule has 1 heterocycles. The third-order valence-corrected chi connectivity index (χ3v) is 6.09. The Morgan fingerprint density at radius 3 is 2.48 bits per heavy atom. The number of nitrogens with zero attached hydrogens (tertiary/aromatic N) is 3. The second kappa shape index (κ2) is 8.49. The van der Waals surface area contributed by atoms with Crippen LogP contribution in [0.2, 0.25) is 0 Å². The normalized spacial score (nSPS) is 20.1. The molecular formula is C23H31N5O. The van der Waals surface area contributed by atoms with Gasteiger partial charge in [0.15, 0.2) is 5.82 Å². The van der Waals surface area contributed by atoms with Gasteiger partial charge >= 0.3 is 0 Å². The number of hydrogen-bond donors (Lipinski definition) is 2. The van der Waals surface area contributed by atoms with Gasteiger partial charge in [-0.05, 0) is 82.0 Å². The Bertz CT molecular complexity index is 924. The molecule has 0 bridgehead atoms. The van der Waals surface area contributed by atoms with Gasteiger partial charge in [0.05, 0.1) is 12.6 Å². The second-order valence-corrected chi connectivity index (χ2v) is 9.25. The molecular weight excluding hydrogens is 362 g/mol. The number of fused-ring (bicyclic) bond motifs is 1. The van der Waals surface area contributed by atoms with Crippen LogP contribution in [0.4, 0.5) is 0 Å². The molecule has 0 amide bonds. The van der Waals surface area contributed by atoms with Crippen LogP contribution in [0.25, 0.3) is 10.8 Å². The highest BCUT2D eigenvalue weighted by Crippen LogP contribution is 2.39. The Morgan fingerprint density at radius 2 is 1.76 bits per heavy atom. The Morgan fingerprint density at radius 1 is 1.00 bits per heavy atom. The third-order valence-electron chi connectivity index (χ3n) is 6.09. The molecule has 1 fully saturated rings. The van der Waals surface area contributed by atoms with Gasteiger partial charge in [0.2, 0.25) is 0 Å². The molecule has 0 aliphatic heterocycles. The fourth-order valence-electron chi connectivity index (χ4n) is 4.27. The minimum atomic E-state index is 0.347. The fraction of sp³-hybridized carbons (Fsp3) is 0.522. The van der Waals surface area contributed by atoms with Gasteiger partial charge in [0, 0.05) is 6.54 Å². The van der Waals surface area contributed by atoms with E-state index in [9.17, 15) is 0 Å². The van der Waals surface area contributed by atoms with Gasteiger partial charge in [-0.15, -0.1) is 5.10 Å². The summed E-state index contributed by atoms with van der Waals surface area (Å²) in [5.74, 6) is 2.54. The van der Waals surface area contributed by atoms with Crippen molar-refractivity contribution in [3.63, 3.8) is 0 Å². The molecule has 1 aliphatic carbocycles. The monoisotopic (exact) mass is 393 g/mol. The summed E-state index contributed by atoms with van der Waals surface area (Å²) in [5, 5.41) is 19.6. The topological polar surface area (TPSA) is 75.7 Å². The van der Waals surface area contributed by atoms with E-state index in [-0.39, 0.29) is 0 Å². The van der Waals surface area contributed by atoms with Gasteiger partial charge in [-0.3, -0.25) is 0 Å². The maximum atomic E-state index is 6.33. The standard InChI is InChI=1S/C23H31N5O/c1-23(2,3)19-7-10-20(11-8-19)29-21-9-6-17-12-16(4-5-18(17)13-21)14-24-15-22-25-27-28-26-22/h4-6,9,12-13,19-20,24H,7-8,10-11,14-15H2,1-3H3,(H,25,26,27,28)/t19-,20-. The van der Waals surface area contributed by atoms with E-state index in [0.717, 1.165) is 36.9 Å². The summed E-state index contributed by atoms with van der Waals surface area (Å²) < 4.78 is 6.33. The van der Waals surface area contributed by atoms with Crippen molar-refractivity contribution < 1.29 is 4.74 Å². The lowest BCUT2D eigenvalue weighted by Crippen LogP contribution is -2.30. The number of nitrogens with one attached hydrogen (secondary N) is 2. The molecule has 0 saturated heterocycles. The number of ether oxygens (including phenoxy) is 1. The van der Waals surface area contributed by atoms with Crippen molar-refractivity contribution in [2.24, 2.45) is 11.3 Å². The number of aromatic nitrogens is 4. The summed E-state index contributed by atoms with van der Waals surface area (Å²) in [6.07, 6.45) is 5.20. The smallest absolute Gasteiger partial charge is 0.162 e. The molecule has 2 N–H and O–H groups in total. The van der Waals surface area contributed by atoms with Crippen molar-refractivity contribution in [2.75, 3.05) is 0 Å². The predicted molar refractivity (Wildman–Crippen MR) is 114 cm³/mol. The van der Waals surface area contributed by atoms with Crippen molar-refractivity contribution in [3.05, 3.63) is 47.8 Å². The van der Waals surface area contributed by atoms with Gasteiger partial charge in [-0.25, -0.2) is 5.10 Å². The Labute approximate surface area is 172 Å². The van der Waals surface area contributed by atoms with Crippen molar-refractivity contribution in [2.45, 2.75) is 65.6 Å². The number of H-pyrrole nitrogens is 1. The molecule has 4 rings (SSSR count). The maximum Gasteiger partial charge on any atom is 0.162 e. The number of aromatic amines is 1. The van der Waals surface area contributed by atoms with E-state index < -0.39 is 0 Å². The van der Waals surface area contributed by atoms with E-state index in [1.54, 1.807) is 0 Å². The number of tetrazole rings is 1. The Balaban J connectivity index is 1.33. The first kappa shape index (κ1) is 19.8. The van der Waals surface area contributed by atoms with Crippen molar-refractivity contribution in [1.29, 1.82) is 0 Å². The van der Waals surface area contributed by atoms with Crippen LogP contribution in [0.15, 0.2) is 36.4 Å². The van der Waals surface area contributed by atoms with E-state index in [0.29, 0.717) is 18.1 Å². The molecule has 2 aromatic carbocycles. The molecule has 0 spiro atoms. The van der Waals surface area contributed by atoms with Crippen LogP contribution in [0, 0.1) is 11.3 Å². The van der Waals surface area contributed by atoms with Crippen LogP contribution in [-0.4, -0.2) is 26.7 Å². The largest absolute Gasteiger partial charge is 0.490 e. The first-order chi connectivity index (χ1) is 14.0. The Kier molecular flexibility index (Phi) is 5.81. The number of benzene rings is 2. The van der Waals surface area contributed by atoms with Crippen molar-refractivity contribution >= 4 is 10.8 Å². The molecule has 0 atom stereocenters. The molecule has 29 heavy (non-hydrogen) atoms. The van der Waals surface area contributed by atoms with Crippen molar-refractivity contribution in [3.8, 4) is 5.75 Å². The zero-order valence-corrected chi connectivity index (χ0v) is 17.6. The minimum absolute atomic E-state index is 0.347. The average Bonchev–Trinajstić information content (AvgIpc) is 3.21. The SMILES string of the molecule is CC(C)(C)[C@H]1CC[C@H](Oc2ccc3cc(CNCc4nnn[nH]4)ccc3c2)CC1. The molecule has 0 radical (unpaired) electrons. The van der Waals surface area contributed by atoms with Gasteiger partial charge in [0.25, 0.3) is 0 Å². The van der Waals surface area contributed by atoms with Gasteiger partial charge < -0.3 is 10.1 Å². The summed E-state index contributed by atoms with van der Waals surface area (Å²) in [6.45, 7) is 8.47. The quantitative estimate of drug-likeness (QED) is 0.639. The molecule has 0 unspecified atom stereocenters. The number of hydrogen-bond acceptors (Lipinski definition) is 5. The van der Waals surface area contributed by atoms with E-state index in [1.165, 1.54) is 29.2 Å². The zero-order chi connectivity index (χ0) is 20.3. The lowest BCUT2D eigenvalue weighted by atomic mass is 9.72. The molecule has 6 heteroatoms. The first-order valence-electron chi connectivity index (χ1n) is 10.6. The van der Waals surface area contributed by atoms with Crippen LogP contribution >= 0.6 is 0 Å². The molecule has 6 nitrogen and oxygen atoms in total. The van der Waals surface area contributed by atoms with E-state index >= 15 is 0 Å². The van der Waals surface area contributed by atoms with E-state index in [1.807, 2.05) is 0 Å². The van der Waals surface area contributed by atoms with Gasteiger partial charge in [-0.1, -0.05) is 39.0 Å². The van der Waals surface area contributed by atoms with E-state index in [2.05, 4.69) is 83.1 Å². The van der Waals surface area contributed by atoms with Crippen LogP contribution in [0.3, 0.4) is 0 Å².